The number of rotatable bonds is 5. The van der Waals surface area contributed by atoms with E-state index in [1.807, 2.05) is 0 Å². The molecule has 0 atom stereocenters. The molecule has 0 amide bonds. The van der Waals surface area contributed by atoms with Crippen LogP contribution in [-0.2, 0) is 23.0 Å². The second-order valence-electron chi connectivity index (χ2n) is 18.3. The highest BCUT2D eigenvalue weighted by atomic mass is 15.7. The number of hydrogen-bond acceptors (Lipinski definition) is 3. The van der Waals surface area contributed by atoms with Crippen molar-refractivity contribution in [3.8, 4) is 22.5 Å². The molecule has 1 fully saturated rings. The molecule has 5 aromatic rings. The number of benzene rings is 4. The molecule has 4 heteroatoms. The summed E-state index contributed by atoms with van der Waals surface area (Å²) in [4.78, 5) is 11.2. The fourth-order valence-electron chi connectivity index (χ4n) is 10.4. The van der Waals surface area contributed by atoms with E-state index < -0.39 is 5.79 Å². The lowest BCUT2D eigenvalue weighted by Gasteiger charge is -2.67. The van der Waals surface area contributed by atoms with Gasteiger partial charge in [-0.2, -0.15) is 4.57 Å². The molecular formula is C46H57N4+. The van der Waals surface area contributed by atoms with Crippen molar-refractivity contribution in [2.24, 2.45) is 11.8 Å². The Morgan fingerprint density at radius 2 is 1.40 bits per heavy atom. The van der Waals surface area contributed by atoms with Crippen LogP contribution in [0.5, 0.6) is 0 Å². The number of fused-ring (bicyclic) bond motifs is 13. The highest BCUT2D eigenvalue weighted by Crippen LogP contribution is 2.60. The molecule has 3 aliphatic rings. The second kappa shape index (κ2) is 11.0. The summed E-state index contributed by atoms with van der Waals surface area (Å²) in [6.45, 7) is 31.0. The topological polar surface area (TPSA) is 23.2 Å². The Morgan fingerprint density at radius 1 is 0.760 bits per heavy atom. The largest absolute Gasteiger partial charge is 0.290 e. The van der Waals surface area contributed by atoms with E-state index in [9.17, 15) is 0 Å². The van der Waals surface area contributed by atoms with Crippen LogP contribution in [0.15, 0.2) is 67.0 Å². The molecule has 260 valence electrons. The molecule has 8 rings (SSSR count). The Hall–Kier alpha value is -3.60. The van der Waals surface area contributed by atoms with Gasteiger partial charge in [-0.15, -0.1) is 0 Å². The first kappa shape index (κ1) is 33.5. The first-order chi connectivity index (χ1) is 23.5. The lowest BCUT2D eigenvalue weighted by Crippen LogP contribution is -2.90. The van der Waals surface area contributed by atoms with Crippen LogP contribution in [-0.4, -0.2) is 33.0 Å². The standard InChI is InChI=1S/C46H57N4/c1-26(2)23-30-17-16-20-33-31(30)21-22-36-38(33)41-40(45(36,12)13)42-35-24-37(44(9,10)11)32-18-14-15-19-34(32)39(35)46(48(42)25-47-41)49(28(5)6)43(27(3)4)50(46)29(7)8/h14-22,24-29,43H,23H2,1-13H3/q+1. The summed E-state index contributed by atoms with van der Waals surface area (Å²) in [6.07, 6.45) is 3.61. The maximum absolute atomic E-state index is 5.59. The monoisotopic (exact) mass is 665 g/mol. The smallest absolute Gasteiger partial charge is 0.226 e. The van der Waals surface area contributed by atoms with Gasteiger partial charge < -0.3 is 0 Å². The van der Waals surface area contributed by atoms with E-state index in [2.05, 4.69) is 171 Å². The Balaban J connectivity index is 1.54. The van der Waals surface area contributed by atoms with Crippen LogP contribution >= 0.6 is 0 Å². The average molecular weight is 666 g/mol. The molecule has 1 saturated heterocycles. The van der Waals surface area contributed by atoms with Crippen LogP contribution in [0.2, 0.25) is 0 Å². The van der Waals surface area contributed by atoms with Crippen molar-refractivity contribution in [1.82, 2.24) is 14.8 Å². The first-order valence-electron chi connectivity index (χ1n) is 19.2. The Bertz CT molecular complexity index is 2180. The first-order valence-corrected chi connectivity index (χ1v) is 19.2. The van der Waals surface area contributed by atoms with Crippen LogP contribution in [0.4, 0.5) is 0 Å². The molecule has 50 heavy (non-hydrogen) atoms. The molecule has 0 radical (unpaired) electrons. The molecule has 0 N–H and O–H groups in total. The van der Waals surface area contributed by atoms with E-state index >= 15 is 0 Å². The zero-order valence-corrected chi connectivity index (χ0v) is 32.7. The summed E-state index contributed by atoms with van der Waals surface area (Å²) in [6, 6.07) is 24.2. The van der Waals surface area contributed by atoms with Crippen molar-refractivity contribution in [3.05, 3.63) is 94.8 Å². The Kier molecular flexibility index (Phi) is 7.35. The van der Waals surface area contributed by atoms with E-state index in [0.29, 0.717) is 30.1 Å². The fourth-order valence-corrected chi connectivity index (χ4v) is 10.4. The zero-order chi connectivity index (χ0) is 35.8. The molecule has 1 aliphatic carbocycles. The molecule has 0 unspecified atom stereocenters. The van der Waals surface area contributed by atoms with Crippen molar-refractivity contribution in [2.75, 3.05) is 0 Å². The Labute approximate surface area is 300 Å². The maximum atomic E-state index is 5.59. The van der Waals surface area contributed by atoms with Crippen molar-refractivity contribution in [3.63, 3.8) is 0 Å². The van der Waals surface area contributed by atoms with Gasteiger partial charge in [0.15, 0.2) is 5.69 Å². The summed E-state index contributed by atoms with van der Waals surface area (Å²) in [5, 5.41) is 5.43. The van der Waals surface area contributed by atoms with E-state index in [1.54, 1.807) is 0 Å². The van der Waals surface area contributed by atoms with Gasteiger partial charge in [-0.1, -0.05) is 117 Å². The molecule has 2 aliphatic heterocycles. The predicted octanol–water partition coefficient (Wildman–Crippen LogP) is 10.5. The fraction of sp³-hybridized carbons (Fsp3) is 0.478. The molecular weight excluding hydrogens is 609 g/mol. The predicted molar refractivity (Wildman–Crippen MR) is 209 cm³/mol. The zero-order valence-electron chi connectivity index (χ0n) is 32.7. The normalized spacial score (nSPS) is 21.2. The van der Waals surface area contributed by atoms with Crippen LogP contribution in [0.3, 0.4) is 0 Å². The van der Waals surface area contributed by atoms with Crippen LogP contribution in [0.25, 0.3) is 44.1 Å². The van der Waals surface area contributed by atoms with Gasteiger partial charge in [-0.05, 0) is 101 Å². The maximum Gasteiger partial charge on any atom is 0.290 e. The highest BCUT2D eigenvalue weighted by Gasteiger charge is 2.71. The third kappa shape index (κ3) is 4.18. The van der Waals surface area contributed by atoms with Crippen molar-refractivity contribution in [2.45, 2.75) is 131 Å². The van der Waals surface area contributed by atoms with Crippen molar-refractivity contribution < 1.29 is 4.57 Å². The third-order valence-corrected chi connectivity index (χ3v) is 12.1. The molecule has 3 heterocycles. The van der Waals surface area contributed by atoms with Crippen molar-refractivity contribution >= 4 is 21.5 Å². The minimum Gasteiger partial charge on any atom is -0.226 e. The van der Waals surface area contributed by atoms with Gasteiger partial charge in [0.2, 0.25) is 0 Å². The van der Waals surface area contributed by atoms with E-state index in [1.165, 1.54) is 66.2 Å². The lowest BCUT2D eigenvalue weighted by molar-refractivity contribution is -0.822. The van der Waals surface area contributed by atoms with Gasteiger partial charge >= 0.3 is 0 Å². The summed E-state index contributed by atoms with van der Waals surface area (Å²) in [5.41, 5.74) is 11.9. The van der Waals surface area contributed by atoms with Gasteiger partial charge in [0.05, 0.1) is 17.3 Å². The molecule has 4 aromatic carbocycles. The van der Waals surface area contributed by atoms with Crippen LogP contribution in [0, 0.1) is 11.8 Å². The minimum atomic E-state index is -0.489. The summed E-state index contributed by atoms with van der Waals surface area (Å²) >= 11 is 0. The number of hydrogen-bond donors (Lipinski definition) is 0. The van der Waals surface area contributed by atoms with E-state index in [-0.39, 0.29) is 10.8 Å². The summed E-state index contributed by atoms with van der Waals surface area (Å²) < 4.78 is 2.62. The van der Waals surface area contributed by atoms with Crippen LogP contribution < -0.4 is 4.57 Å². The van der Waals surface area contributed by atoms with Gasteiger partial charge in [0.25, 0.3) is 12.1 Å². The SMILES string of the molecule is CC(C)Cc1cccc2c3c(ccc12)C(C)(C)c1c-3nc[n+]2c1-c1cc(C(C)(C)C)c3ccccc3c1C21N(C(C)C)C(C(C)C)N1C(C)C. The molecule has 0 saturated carbocycles. The summed E-state index contributed by atoms with van der Waals surface area (Å²) in [5.74, 6) is 0.574. The molecule has 0 bridgehead atoms. The van der Waals surface area contributed by atoms with Crippen LogP contribution in [0.1, 0.15) is 118 Å². The summed E-state index contributed by atoms with van der Waals surface area (Å²) in [7, 11) is 0. The quantitative estimate of drug-likeness (QED) is 0.175. The van der Waals surface area contributed by atoms with Gasteiger partial charge in [0, 0.05) is 28.6 Å². The second-order valence-corrected chi connectivity index (χ2v) is 18.3. The molecule has 1 spiro atoms. The van der Waals surface area contributed by atoms with Gasteiger partial charge in [-0.25, -0.2) is 9.80 Å². The van der Waals surface area contributed by atoms with E-state index in [0.717, 1.165) is 12.1 Å². The number of nitrogens with zero attached hydrogens (tertiary/aromatic N) is 4. The highest BCUT2D eigenvalue weighted by molar-refractivity contribution is 6.04. The van der Waals surface area contributed by atoms with E-state index in [4.69, 9.17) is 4.98 Å². The average Bonchev–Trinajstić information content (AvgIpc) is 3.45. The molecule has 4 nitrogen and oxygen atoms in total. The Morgan fingerprint density at radius 3 is 2.00 bits per heavy atom. The van der Waals surface area contributed by atoms with Gasteiger partial charge in [0.1, 0.15) is 5.69 Å². The molecule has 1 aromatic heterocycles. The number of aromatic nitrogens is 2. The van der Waals surface area contributed by atoms with Crippen molar-refractivity contribution in [1.29, 1.82) is 0 Å². The van der Waals surface area contributed by atoms with Gasteiger partial charge in [-0.3, -0.25) is 0 Å². The lowest BCUT2D eigenvalue weighted by atomic mass is 9.77. The minimum absolute atomic E-state index is 0.0253. The third-order valence-electron chi connectivity index (χ3n) is 12.1.